The first kappa shape index (κ1) is 7.63. The molecule has 5 heteroatoms. The zero-order valence-corrected chi connectivity index (χ0v) is 5.48. The van der Waals surface area contributed by atoms with Crippen LogP contribution in [0.25, 0.3) is 0 Å². The van der Waals surface area contributed by atoms with Crippen LogP contribution in [0.5, 0.6) is 0 Å². The van der Waals surface area contributed by atoms with Gasteiger partial charge in [0.05, 0.1) is 0 Å². The lowest BCUT2D eigenvalue weighted by Crippen LogP contribution is -2.17. The van der Waals surface area contributed by atoms with Crippen LogP contribution in [0.3, 0.4) is 0 Å². The number of rotatable bonds is 2. The molecule has 0 spiro atoms. The maximum Gasteiger partial charge on any atom is 0.482 e. The molecule has 0 saturated heterocycles. The van der Waals surface area contributed by atoms with Gasteiger partial charge in [0.1, 0.15) is 5.78 Å². The molecule has 1 nitrogen and oxygen atoms in total. The number of ketones is 1. The third-order valence-electron chi connectivity index (χ3n) is 1.85. The van der Waals surface area contributed by atoms with Crippen molar-refractivity contribution in [2.24, 2.45) is 5.92 Å². The average Bonchev–Trinajstić information content (AvgIpc) is 2.35. The molecular formula is C5H7BF3O-. The van der Waals surface area contributed by atoms with Crippen LogP contribution in [-0.2, 0) is 4.79 Å². The zero-order valence-electron chi connectivity index (χ0n) is 5.48. The highest BCUT2D eigenvalue weighted by Crippen LogP contribution is 2.53. The minimum atomic E-state index is -4.75. The van der Waals surface area contributed by atoms with Crippen molar-refractivity contribution in [1.29, 1.82) is 0 Å². The van der Waals surface area contributed by atoms with E-state index in [0.717, 1.165) is 0 Å². The predicted octanol–water partition coefficient (Wildman–Crippen LogP) is 1.81. The standard InChI is InChI=1S/C5H7BF3O/c1-3(10)4-2-5(4)6(7,8)9/h4-5H,2H2,1H3/q-1/t4-,5-/m0/s1. The summed E-state index contributed by atoms with van der Waals surface area (Å²) < 4.78 is 35.3. The van der Waals surface area contributed by atoms with Gasteiger partial charge in [-0.25, -0.2) is 0 Å². The van der Waals surface area contributed by atoms with Crippen molar-refractivity contribution >= 4 is 12.8 Å². The summed E-state index contributed by atoms with van der Waals surface area (Å²) in [5.74, 6) is -2.32. The van der Waals surface area contributed by atoms with Gasteiger partial charge in [0.15, 0.2) is 0 Å². The molecule has 0 aromatic rings. The first-order chi connectivity index (χ1) is 4.43. The molecule has 0 aromatic heterocycles. The fraction of sp³-hybridized carbons (Fsp3) is 0.800. The van der Waals surface area contributed by atoms with E-state index in [2.05, 4.69) is 0 Å². The topological polar surface area (TPSA) is 17.1 Å². The van der Waals surface area contributed by atoms with Gasteiger partial charge >= 0.3 is 6.98 Å². The van der Waals surface area contributed by atoms with Crippen molar-refractivity contribution < 1.29 is 17.7 Å². The molecule has 0 radical (unpaired) electrons. The Labute approximate surface area is 56.7 Å². The molecule has 0 heterocycles. The minimum absolute atomic E-state index is 0.0266. The molecule has 1 rings (SSSR count). The van der Waals surface area contributed by atoms with Crippen molar-refractivity contribution in [2.75, 3.05) is 0 Å². The molecule has 0 unspecified atom stereocenters. The van der Waals surface area contributed by atoms with Crippen LogP contribution in [0.15, 0.2) is 0 Å². The van der Waals surface area contributed by atoms with E-state index < -0.39 is 18.7 Å². The average molecular weight is 151 g/mol. The maximum absolute atomic E-state index is 11.8. The summed E-state index contributed by atoms with van der Waals surface area (Å²) in [6.07, 6.45) is 0.0266. The third kappa shape index (κ3) is 1.33. The molecular weight excluding hydrogens is 144 g/mol. The molecule has 1 saturated carbocycles. The van der Waals surface area contributed by atoms with Crippen LogP contribution in [-0.4, -0.2) is 12.8 Å². The first-order valence-electron chi connectivity index (χ1n) is 3.13. The van der Waals surface area contributed by atoms with Crippen molar-refractivity contribution in [3.8, 4) is 0 Å². The van der Waals surface area contributed by atoms with E-state index in [1.165, 1.54) is 6.92 Å². The summed E-state index contributed by atoms with van der Waals surface area (Å²) in [6.45, 7) is -3.53. The van der Waals surface area contributed by atoms with Gasteiger partial charge in [-0.2, -0.15) is 0 Å². The van der Waals surface area contributed by atoms with E-state index in [9.17, 15) is 17.7 Å². The van der Waals surface area contributed by atoms with E-state index in [1.807, 2.05) is 0 Å². The Morgan fingerprint density at radius 1 is 1.50 bits per heavy atom. The van der Waals surface area contributed by atoms with Crippen LogP contribution in [0.4, 0.5) is 12.9 Å². The van der Waals surface area contributed by atoms with Gasteiger partial charge in [-0.3, -0.25) is 4.79 Å². The number of Topliss-reactive ketones (excluding diaryl/α,β-unsaturated/α-hetero) is 1. The zero-order chi connectivity index (χ0) is 7.94. The SMILES string of the molecule is CC(=O)[C@@H]1C[C@@H]1[B-](F)(F)F. The van der Waals surface area contributed by atoms with Gasteiger partial charge < -0.3 is 12.9 Å². The van der Waals surface area contributed by atoms with Crippen LogP contribution in [0.2, 0.25) is 5.82 Å². The van der Waals surface area contributed by atoms with Crippen molar-refractivity contribution in [3.63, 3.8) is 0 Å². The second-order valence-corrected chi connectivity index (χ2v) is 2.74. The van der Waals surface area contributed by atoms with E-state index in [0.29, 0.717) is 0 Å². The molecule has 0 aromatic carbocycles. The van der Waals surface area contributed by atoms with Crippen LogP contribution >= 0.6 is 0 Å². The fourth-order valence-corrected chi connectivity index (χ4v) is 1.10. The third-order valence-corrected chi connectivity index (χ3v) is 1.85. The van der Waals surface area contributed by atoms with Crippen LogP contribution < -0.4 is 0 Å². The Kier molecular flexibility index (Phi) is 1.53. The number of carbonyl (C=O) groups excluding carboxylic acids is 1. The number of hydrogen-bond acceptors (Lipinski definition) is 1. The molecule has 0 N–H and O–H groups in total. The Morgan fingerprint density at radius 3 is 2.10 bits per heavy atom. The molecule has 10 heavy (non-hydrogen) atoms. The lowest BCUT2D eigenvalue weighted by Gasteiger charge is -2.11. The highest BCUT2D eigenvalue weighted by molar-refractivity contribution is 6.61. The number of carbonyl (C=O) groups is 1. The van der Waals surface area contributed by atoms with Gasteiger partial charge in [0, 0.05) is 0 Å². The van der Waals surface area contributed by atoms with E-state index >= 15 is 0 Å². The molecule has 1 aliphatic rings. The quantitative estimate of drug-likeness (QED) is 0.550. The molecule has 58 valence electrons. The Balaban J connectivity index is 2.46. The lowest BCUT2D eigenvalue weighted by molar-refractivity contribution is -0.118. The Hall–Kier alpha value is -0.475. The second-order valence-electron chi connectivity index (χ2n) is 2.74. The highest BCUT2D eigenvalue weighted by atomic mass is 19.4. The van der Waals surface area contributed by atoms with E-state index in [1.54, 1.807) is 0 Å². The molecule has 0 aliphatic heterocycles. The molecule has 1 fully saturated rings. The van der Waals surface area contributed by atoms with E-state index in [-0.39, 0.29) is 12.2 Å². The fourth-order valence-electron chi connectivity index (χ4n) is 1.10. The van der Waals surface area contributed by atoms with Crippen molar-refractivity contribution in [3.05, 3.63) is 0 Å². The normalized spacial score (nSPS) is 32.0. The molecule has 2 atom stereocenters. The predicted molar refractivity (Wildman–Crippen MR) is 31.6 cm³/mol. The van der Waals surface area contributed by atoms with Gasteiger partial charge in [-0.05, 0) is 12.8 Å². The van der Waals surface area contributed by atoms with Crippen LogP contribution in [0.1, 0.15) is 13.3 Å². The Morgan fingerprint density at radius 2 is 2.00 bits per heavy atom. The highest BCUT2D eigenvalue weighted by Gasteiger charge is 2.52. The van der Waals surface area contributed by atoms with Gasteiger partial charge in [-0.1, -0.05) is 12.2 Å². The first-order valence-corrected chi connectivity index (χ1v) is 3.13. The molecule has 0 amide bonds. The van der Waals surface area contributed by atoms with Crippen molar-refractivity contribution in [1.82, 2.24) is 0 Å². The summed E-state index contributed by atoms with van der Waals surface area (Å²) in [5, 5.41) is 0. The molecule has 1 aliphatic carbocycles. The monoisotopic (exact) mass is 151 g/mol. The van der Waals surface area contributed by atoms with Gasteiger partial charge in [0.25, 0.3) is 0 Å². The van der Waals surface area contributed by atoms with Crippen molar-refractivity contribution in [2.45, 2.75) is 19.2 Å². The maximum atomic E-state index is 11.8. The largest absolute Gasteiger partial charge is 0.482 e. The van der Waals surface area contributed by atoms with Gasteiger partial charge in [0.2, 0.25) is 0 Å². The molecule has 0 bridgehead atoms. The van der Waals surface area contributed by atoms with E-state index in [4.69, 9.17) is 0 Å². The minimum Gasteiger partial charge on any atom is -0.449 e. The van der Waals surface area contributed by atoms with Gasteiger partial charge in [-0.15, -0.1) is 0 Å². The summed E-state index contributed by atoms with van der Waals surface area (Å²) >= 11 is 0. The second kappa shape index (κ2) is 2.00. The summed E-state index contributed by atoms with van der Waals surface area (Å²) in [6, 6.07) is 0. The summed E-state index contributed by atoms with van der Waals surface area (Å²) in [5.41, 5.74) is 0. The lowest BCUT2D eigenvalue weighted by atomic mass is 9.81. The van der Waals surface area contributed by atoms with Crippen LogP contribution in [0, 0.1) is 5.92 Å². The number of halogens is 3. The summed E-state index contributed by atoms with van der Waals surface area (Å²) in [7, 11) is 0. The smallest absolute Gasteiger partial charge is 0.449 e. The Bertz CT molecular complexity index is 165. The number of hydrogen-bond donors (Lipinski definition) is 0. The summed E-state index contributed by atoms with van der Waals surface area (Å²) in [4.78, 5) is 10.4.